The van der Waals surface area contributed by atoms with E-state index in [-0.39, 0.29) is 12.1 Å². The Morgan fingerprint density at radius 1 is 1.12 bits per heavy atom. The molecule has 164 valence electrons. The van der Waals surface area contributed by atoms with Gasteiger partial charge in [-0.3, -0.25) is 24.5 Å². The average molecular weight is 454 g/mol. The molecule has 0 bridgehead atoms. The Balaban J connectivity index is 1.78. The highest BCUT2D eigenvalue weighted by Crippen LogP contribution is 2.39. The summed E-state index contributed by atoms with van der Waals surface area (Å²) in [5.41, 5.74) is 0.896. The molecule has 0 radical (unpaired) electrons. The third-order valence-electron chi connectivity index (χ3n) is 5.88. The number of rotatable bonds is 5. The first-order chi connectivity index (χ1) is 15.3. The van der Waals surface area contributed by atoms with Crippen molar-refractivity contribution in [2.45, 2.75) is 26.3 Å². The van der Waals surface area contributed by atoms with Crippen molar-refractivity contribution < 1.29 is 19.3 Å². The van der Waals surface area contributed by atoms with E-state index < -0.39 is 40.2 Å². The largest absolute Gasteiger partial charge is 0.282 e. The number of hydrazine groups is 1. The molecule has 9 heteroatoms. The molecule has 0 aromatic heterocycles. The molecule has 2 aliphatic rings. The van der Waals surface area contributed by atoms with Crippen LogP contribution in [0.25, 0.3) is 0 Å². The van der Waals surface area contributed by atoms with Crippen molar-refractivity contribution in [1.29, 1.82) is 0 Å². The summed E-state index contributed by atoms with van der Waals surface area (Å²) in [6.45, 7) is 1.71. The van der Waals surface area contributed by atoms with Crippen molar-refractivity contribution in [2.24, 2.45) is 11.8 Å². The zero-order valence-electron chi connectivity index (χ0n) is 17.2. The summed E-state index contributed by atoms with van der Waals surface area (Å²) in [4.78, 5) is 50.9. The lowest BCUT2D eigenvalue weighted by molar-refractivity contribution is -0.385. The van der Waals surface area contributed by atoms with E-state index in [1.54, 1.807) is 24.3 Å². The second-order valence-electron chi connectivity index (χ2n) is 7.92. The first-order valence-electron chi connectivity index (χ1n) is 10.1. The zero-order valence-corrected chi connectivity index (χ0v) is 18.0. The quantitative estimate of drug-likeness (QED) is 0.293. The van der Waals surface area contributed by atoms with Crippen LogP contribution in [0, 0.1) is 22.0 Å². The van der Waals surface area contributed by atoms with Crippen molar-refractivity contribution in [2.75, 3.05) is 0 Å². The topological polar surface area (TPSA) is 101 Å². The second-order valence-corrected chi connectivity index (χ2v) is 8.33. The third-order valence-corrected chi connectivity index (χ3v) is 6.25. The fourth-order valence-corrected chi connectivity index (χ4v) is 4.43. The number of para-hydroxylation sites is 1. The number of halogens is 1. The van der Waals surface area contributed by atoms with E-state index in [1.165, 1.54) is 24.3 Å². The molecular formula is C23H20ClN3O5. The zero-order chi connectivity index (χ0) is 23.0. The molecule has 0 unspecified atom stereocenters. The van der Waals surface area contributed by atoms with Gasteiger partial charge in [-0.05, 0) is 37.5 Å². The number of allylic oxidation sites excluding steroid dienone is 2. The lowest BCUT2D eigenvalue weighted by Crippen LogP contribution is -2.50. The Morgan fingerprint density at radius 3 is 2.50 bits per heavy atom. The maximum atomic E-state index is 13.6. The molecule has 2 aromatic carbocycles. The van der Waals surface area contributed by atoms with Crippen LogP contribution in [0.5, 0.6) is 0 Å². The summed E-state index contributed by atoms with van der Waals surface area (Å²) in [6, 6.07) is 12.2. The molecule has 2 atom stereocenters. The molecule has 8 nitrogen and oxygen atoms in total. The Bertz CT molecular complexity index is 1160. The summed E-state index contributed by atoms with van der Waals surface area (Å²) in [6.07, 6.45) is 2.78. The monoisotopic (exact) mass is 453 g/mol. The molecule has 0 spiro atoms. The van der Waals surface area contributed by atoms with Crippen LogP contribution in [0.4, 0.5) is 5.69 Å². The van der Waals surface area contributed by atoms with Crippen LogP contribution in [0.1, 0.15) is 35.7 Å². The van der Waals surface area contributed by atoms with Crippen molar-refractivity contribution in [3.63, 3.8) is 0 Å². The maximum Gasteiger partial charge on any atom is 0.282 e. The number of nitro benzene ring substituents is 1. The summed E-state index contributed by atoms with van der Waals surface area (Å²) in [5, 5.41) is 13.7. The summed E-state index contributed by atoms with van der Waals surface area (Å²) in [5.74, 6) is -2.89. The van der Waals surface area contributed by atoms with Crippen LogP contribution in [-0.2, 0) is 16.1 Å². The molecular weight excluding hydrogens is 434 g/mol. The number of imide groups is 1. The van der Waals surface area contributed by atoms with E-state index in [4.69, 9.17) is 11.6 Å². The van der Waals surface area contributed by atoms with Crippen LogP contribution in [0.3, 0.4) is 0 Å². The number of fused-ring (bicyclic) bond motifs is 1. The Kier molecular flexibility index (Phi) is 5.80. The number of nitrogens with zero attached hydrogens (tertiary/aromatic N) is 3. The van der Waals surface area contributed by atoms with E-state index in [2.05, 4.69) is 0 Å². The first-order valence-corrected chi connectivity index (χ1v) is 10.5. The van der Waals surface area contributed by atoms with Gasteiger partial charge in [0.2, 0.25) is 0 Å². The number of nitro groups is 1. The van der Waals surface area contributed by atoms with Gasteiger partial charge in [-0.2, -0.15) is 5.01 Å². The minimum Gasteiger partial charge on any atom is -0.272 e. The molecule has 32 heavy (non-hydrogen) atoms. The van der Waals surface area contributed by atoms with Crippen molar-refractivity contribution in [1.82, 2.24) is 10.0 Å². The van der Waals surface area contributed by atoms with Gasteiger partial charge in [-0.15, -0.1) is 0 Å². The molecule has 3 amide bonds. The van der Waals surface area contributed by atoms with Crippen molar-refractivity contribution in [3.05, 3.63) is 86.4 Å². The van der Waals surface area contributed by atoms with Crippen LogP contribution in [0.15, 0.2) is 60.2 Å². The van der Waals surface area contributed by atoms with E-state index in [0.717, 1.165) is 15.6 Å². The van der Waals surface area contributed by atoms with E-state index >= 15 is 0 Å². The van der Waals surface area contributed by atoms with Gasteiger partial charge in [0, 0.05) is 11.1 Å². The van der Waals surface area contributed by atoms with Gasteiger partial charge < -0.3 is 0 Å². The molecule has 1 aliphatic heterocycles. The van der Waals surface area contributed by atoms with Crippen molar-refractivity contribution in [3.8, 4) is 0 Å². The predicted octanol–water partition coefficient (Wildman–Crippen LogP) is 4.15. The van der Waals surface area contributed by atoms with E-state index in [1.807, 2.05) is 13.0 Å². The molecule has 1 fully saturated rings. The average Bonchev–Trinajstić information content (AvgIpc) is 3.02. The maximum absolute atomic E-state index is 13.6. The Hall–Kier alpha value is -3.52. The van der Waals surface area contributed by atoms with Gasteiger partial charge in [-0.1, -0.05) is 53.6 Å². The van der Waals surface area contributed by atoms with Crippen LogP contribution < -0.4 is 0 Å². The Morgan fingerprint density at radius 2 is 1.78 bits per heavy atom. The van der Waals surface area contributed by atoms with Gasteiger partial charge in [0.1, 0.15) is 5.56 Å². The summed E-state index contributed by atoms with van der Waals surface area (Å²) >= 11 is 6.28. The molecule has 4 rings (SSSR count). The smallest absolute Gasteiger partial charge is 0.272 e. The summed E-state index contributed by atoms with van der Waals surface area (Å²) < 4.78 is 0. The molecule has 0 N–H and O–H groups in total. The Labute approximate surface area is 189 Å². The van der Waals surface area contributed by atoms with Gasteiger partial charge in [0.15, 0.2) is 0 Å². The third kappa shape index (κ3) is 3.78. The fourth-order valence-electron chi connectivity index (χ4n) is 4.23. The van der Waals surface area contributed by atoms with Gasteiger partial charge in [0.25, 0.3) is 23.4 Å². The molecule has 2 aromatic rings. The highest BCUT2D eigenvalue weighted by molar-refractivity contribution is 6.31. The van der Waals surface area contributed by atoms with Crippen LogP contribution >= 0.6 is 11.6 Å². The fraction of sp³-hybridized carbons (Fsp3) is 0.261. The van der Waals surface area contributed by atoms with Gasteiger partial charge in [0.05, 0.1) is 23.3 Å². The minimum atomic E-state index is -0.817. The molecule has 0 saturated carbocycles. The summed E-state index contributed by atoms with van der Waals surface area (Å²) in [7, 11) is 0. The number of amides is 3. The van der Waals surface area contributed by atoms with Crippen LogP contribution in [-0.4, -0.2) is 32.7 Å². The number of benzene rings is 2. The standard InChI is InChI=1S/C23H20ClN3O5/c1-14-10-11-16-18(12-14)23(30)26(22(16)29)25(13-15-6-2-4-8-19(15)24)21(28)17-7-3-5-9-20(17)27(31)32/h2-10,16,18H,11-13H2,1H3/t16-,18-/m1/s1. The number of hydrogen-bond acceptors (Lipinski definition) is 5. The SMILES string of the molecule is CC1=CC[C@H]2C(=O)N(N(Cc3ccccc3Cl)C(=O)c3ccccc3[N+](=O)[O-])C(=O)[C@@H]2C1. The highest BCUT2D eigenvalue weighted by Gasteiger charge is 2.51. The van der Waals surface area contributed by atoms with E-state index in [0.29, 0.717) is 23.4 Å². The second kappa shape index (κ2) is 8.55. The van der Waals surface area contributed by atoms with Gasteiger partial charge in [-0.25, -0.2) is 5.01 Å². The highest BCUT2D eigenvalue weighted by atomic mass is 35.5. The number of carbonyl (C=O) groups is 3. The number of hydrogen-bond donors (Lipinski definition) is 0. The van der Waals surface area contributed by atoms with Gasteiger partial charge >= 0.3 is 0 Å². The molecule has 1 heterocycles. The lowest BCUT2D eigenvalue weighted by Gasteiger charge is -2.30. The van der Waals surface area contributed by atoms with E-state index in [9.17, 15) is 24.5 Å². The lowest BCUT2D eigenvalue weighted by atomic mass is 9.82. The minimum absolute atomic E-state index is 0.187. The van der Waals surface area contributed by atoms with Crippen LogP contribution in [0.2, 0.25) is 5.02 Å². The molecule has 1 saturated heterocycles. The predicted molar refractivity (Wildman–Crippen MR) is 116 cm³/mol. The normalized spacial score (nSPS) is 20.1. The number of carbonyl (C=O) groups excluding carboxylic acids is 3. The first kappa shape index (κ1) is 21.7. The molecule has 1 aliphatic carbocycles. The van der Waals surface area contributed by atoms with Crippen molar-refractivity contribution >= 4 is 35.0 Å².